The van der Waals surface area contributed by atoms with Crippen molar-refractivity contribution in [2.75, 3.05) is 27.2 Å². The monoisotopic (exact) mass is 1160 g/mol. The molecule has 0 spiro atoms. The summed E-state index contributed by atoms with van der Waals surface area (Å²) in [6.07, 6.45) is 7.03. The third-order valence-corrected chi connectivity index (χ3v) is 19.6. The van der Waals surface area contributed by atoms with Gasteiger partial charge < -0.3 is 41.7 Å². The van der Waals surface area contributed by atoms with Crippen LogP contribution in [0.15, 0.2) is 119 Å². The number of fused-ring (bicyclic) bond motifs is 2. The molecule has 0 radical (unpaired) electrons. The minimum atomic E-state index is -4.05. The van der Waals surface area contributed by atoms with E-state index in [9.17, 15) is 45.6 Å². The lowest BCUT2D eigenvalue weighted by atomic mass is 9.87. The van der Waals surface area contributed by atoms with Crippen LogP contribution >= 0.6 is 0 Å². The van der Waals surface area contributed by atoms with Crippen molar-refractivity contribution in [1.29, 1.82) is 0 Å². The number of unbranched alkanes of at least 4 members (excludes halogenated alkanes) is 3. The first-order valence-corrected chi connectivity index (χ1v) is 31.8. The number of aryl methyl sites for hydroxylation is 2. The maximum absolute atomic E-state index is 15.0. The Bertz CT molecular complexity index is 2910. The maximum atomic E-state index is 15.0. The largest absolute Gasteiger partial charge is 0.347 e. The number of likely N-dealkylation sites (N-methyl/N-ethyl adjacent to an activating group) is 2. The third kappa shape index (κ3) is 15.4. The predicted molar refractivity (Wildman–Crippen MR) is 310 cm³/mol. The van der Waals surface area contributed by atoms with E-state index in [1.165, 1.54) is 34.1 Å². The molecule has 82 heavy (non-hydrogen) atoms. The summed E-state index contributed by atoms with van der Waals surface area (Å²) in [5.41, 5.74) is 4.26. The molecule has 6 amide bonds. The first-order chi connectivity index (χ1) is 39.4. The molecule has 2 heterocycles. The lowest BCUT2D eigenvalue weighted by Gasteiger charge is -2.32. The highest BCUT2D eigenvalue weighted by Gasteiger charge is 2.46. The molecule has 2 fully saturated rings. The Balaban J connectivity index is 0.969. The molecule has 0 bridgehead atoms. The van der Waals surface area contributed by atoms with E-state index in [2.05, 4.69) is 41.3 Å². The van der Waals surface area contributed by atoms with Gasteiger partial charge >= 0.3 is 0 Å². The minimum Gasteiger partial charge on any atom is -0.347 e. The molecular formula is C60H80N10O10S2. The fourth-order valence-corrected chi connectivity index (χ4v) is 14.3. The van der Waals surface area contributed by atoms with E-state index in [4.69, 9.17) is 0 Å². The Morgan fingerprint density at radius 2 is 0.878 bits per heavy atom. The topological polar surface area (TPSA) is 273 Å². The van der Waals surface area contributed by atoms with Gasteiger partial charge in [0.1, 0.15) is 24.2 Å². The van der Waals surface area contributed by atoms with Crippen molar-refractivity contribution in [2.45, 2.75) is 174 Å². The van der Waals surface area contributed by atoms with Gasteiger partial charge in [0.15, 0.2) is 0 Å². The van der Waals surface area contributed by atoms with Gasteiger partial charge in [-0.15, -0.1) is 0 Å². The minimum absolute atomic E-state index is 0.00302. The number of nitrogens with zero attached hydrogens (tertiary/aromatic N) is 2. The molecule has 4 aliphatic rings. The number of likely N-dealkylation sites (tertiary alicyclic amines) is 2. The molecule has 4 aromatic rings. The van der Waals surface area contributed by atoms with Gasteiger partial charge in [-0.1, -0.05) is 111 Å². The fourth-order valence-electron chi connectivity index (χ4n) is 11.8. The van der Waals surface area contributed by atoms with Crippen LogP contribution in [0.3, 0.4) is 0 Å². The lowest BCUT2D eigenvalue weighted by Crippen LogP contribution is -2.56. The summed E-state index contributed by atoms with van der Waals surface area (Å²) in [5.74, 6) is -2.80. The molecule has 0 aromatic heterocycles. The molecule has 20 nitrogen and oxygen atoms in total. The lowest BCUT2D eigenvalue weighted by molar-refractivity contribution is -0.142. The molecule has 442 valence electrons. The average Bonchev–Trinajstić information content (AvgIpc) is 4.32. The third-order valence-electron chi connectivity index (χ3n) is 16.5. The van der Waals surface area contributed by atoms with E-state index in [0.717, 1.165) is 47.9 Å². The maximum Gasteiger partial charge on any atom is 0.245 e. The number of carbonyl (C=O) groups is 6. The van der Waals surface area contributed by atoms with Crippen LogP contribution in [0.25, 0.3) is 0 Å². The number of sulfonamides is 2. The SMILES string of the molecule is CN[C@@H](C)C(=O)N[C@@H](CCCCCC[C@H](NC(=O)[C@H](C)NC)C(=O)N1C[C@@H](NS(=O)(=O)c2ccccc2)C[C@H]1C(=O)N[C@@H]1CCCc2ccccc21)C(=O)N1C[C@@H](NS(=O)(=O)c2ccccc2)C[C@H]1C(=O)N[C@@H]1CCCc2ccccc21. The van der Waals surface area contributed by atoms with Gasteiger partial charge in [0.25, 0.3) is 0 Å². The summed E-state index contributed by atoms with van der Waals surface area (Å²) >= 11 is 0. The van der Waals surface area contributed by atoms with E-state index in [1.54, 1.807) is 64.3 Å². The van der Waals surface area contributed by atoms with E-state index in [0.29, 0.717) is 38.5 Å². The summed E-state index contributed by atoms with van der Waals surface area (Å²) in [6, 6.07) is 23.6. The number of nitrogens with one attached hydrogen (secondary N) is 8. The average molecular weight is 1170 g/mol. The number of benzene rings is 4. The van der Waals surface area contributed by atoms with Crippen molar-refractivity contribution in [1.82, 2.24) is 51.1 Å². The Hall–Kier alpha value is -6.56. The van der Waals surface area contributed by atoms with Gasteiger partial charge in [-0.05, 0) is 139 Å². The smallest absolute Gasteiger partial charge is 0.245 e. The normalized spacial score (nSPS) is 22.1. The van der Waals surface area contributed by atoms with Gasteiger partial charge in [0.2, 0.25) is 55.5 Å². The van der Waals surface area contributed by atoms with Gasteiger partial charge in [0.05, 0.1) is 34.0 Å². The van der Waals surface area contributed by atoms with Crippen molar-refractivity contribution < 1.29 is 45.6 Å². The zero-order valence-electron chi connectivity index (χ0n) is 47.3. The van der Waals surface area contributed by atoms with E-state index >= 15 is 0 Å². The highest BCUT2D eigenvalue weighted by molar-refractivity contribution is 7.89. The van der Waals surface area contributed by atoms with E-state index in [1.807, 2.05) is 48.5 Å². The van der Waals surface area contributed by atoms with Crippen LogP contribution in [0, 0.1) is 0 Å². The van der Waals surface area contributed by atoms with Crippen LogP contribution in [0.4, 0.5) is 0 Å². The second-order valence-corrected chi connectivity index (χ2v) is 25.6. The van der Waals surface area contributed by atoms with Gasteiger partial charge in [-0.3, -0.25) is 28.8 Å². The molecule has 2 saturated heterocycles. The van der Waals surface area contributed by atoms with Crippen LogP contribution in [0.2, 0.25) is 0 Å². The highest BCUT2D eigenvalue weighted by Crippen LogP contribution is 2.33. The molecule has 8 rings (SSSR count). The van der Waals surface area contributed by atoms with E-state index in [-0.39, 0.29) is 60.6 Å². The summed E-state index contributed by atoms with van der Waals surface area (Å²) in [6.45, 7) is 3.06. The summed E-state index contributed by atoms with van der Waals surface area (Å²) in [5, 5.41) is 18.0. The zero-order valence-corrected chi connectivity index (χ0v) is 48.9. The van der Waals surface area contributed by atoms with E-state index < -0.39 is 104 Å². The fraction of sp³-hybridized carbons (Fsp3) is 0.500. The predicted octanol–water partition coefficient (Wildman–Crippen LogP) is 3.80. The first kappa shape index (κ1) is 61.5. The van der Waals surface area contributed by atoms with Gasteiger partial charge in [-0.2, -0.15) is 0 Å². The van der Waals surface area contributed by atoms with Crippen molar-refractivity contribution in [3.05, 3.63) is 131 Å². The molecule has 22 heteroatoms. The standard InChI is InChI=1S/C60H80N10O10S2/c1-39(61-3)55(71)65-51(59(75)69-37-43(67-81(77,78)45-25-9-7-10-26-45)35-53(69)57(73)63-49-33-19-23-41-21-15-17-29-47(41)49)31-13-5-6-14-32-52(66-56(72)40(2)62-4)60(76)70-38-44(68-82(79,80)46-27-11-8-12-28-46)36-54(70)58(74)64-50-34-20-24-42-22-16-18-30-48(42)50/h7-12,15-18,21-22,25-30,39-40,43-44,49-54,61-62,67-68H,5-6,13-14,19-20,23-24,31-38H2,1-4H3,(H,63,73)(H,64,74)(H,65,71)(H,66,72)/t39-,40-,43-,44-,49+,50+,51-,52-,53-,54-/m0/s1. The van der Waals surface area contributed by atoms with Crippen LogP contribution in [-0.2, 0) is 61.7 Å². The number of carbonyl (C=O) groups excluding carboxylic acids is 6. The quantitative estimate of drug-likeness (QED) is 0.0441. The second kappa shape index (κ2) is 28.1. The molecule has 8 N–H and O–H groups in total. The number of amides is 6. The Morgan fingerprint density at radius 3 is 1.26 bits per heavy atom. The number of rotatable bonds is 25. The van der Waals surface area contributed by atoms with Crippen molar-refractivity contribution in [2.24, 2.45) is 0 Å². The summed E-state index contributed by atoms with van der Waals surface area (Å²) in [7, 11) is -4.85. The Morgan fingerprint density at radius 1 is 0.512 bits per heavy atom. The van der Waals surface area contributed by atoms with Gasteiger partial charge in [0, 0.05) is 25.2 Å². The van der Waals surface area contributed by atoms with Crippen LogP contribution < -0.4 is 41.3 Å². The number of hydrogen-bond donors (Lipinski definition) is 8. The number of hydrogen-bond acceptors (Lipinski definition) is 12. The second-order valence-electron chi connectivity index (χ2n) is 22.2. The van der Waals surface area contributed by atoms with Crippen molar-refractivity contribution in [3.8, 4) is 0 Å². The molecule has 0 unspecified atom stereocenters. The summed E-state index contributed by atoms with van der Waals surface area (Å²) < 4.78 is 60.0. The Labute approximate surface area is 482 Å². The Kier molecular flexibility index (Phi) is 21.1. The van der Waals surface area contributed by atoms with Crippen molar-refractivity contribution in [3.63, 3.8) is 0 Å². The van der Waals surface area contributed by atoms with Crippen LogP contribution in [0.5, 0.6) is 0 Å². The molecule has 2 aliphatic heterocycles. The zero-order chi connectivity index (χ0) is 58.6. The van der Waals surface area contributed by atoms with Crippen LogP contribution in [0.1, 0.15) is 125 Å². The van der Waals surface area contributed by atoms with Crippen molar-refractivity contribution >= 4 is 55.5 Å². The van der Waals surface area contributed by atoms with Gasteiger partial charge in [-0.25, -0.2) is 26.3 Å². The molecule has 4 aromatic carbocycles. The van der Waals surface area contributed by atoms with Crippen LogP contribution in [-0.4, -0.2) is 138 Å². The molecule has 2 aliphatic carbocycles. The molecule has 10 atom stereocenters. The molecule has 0 saturated carbocycles. The highest BCUT2D eigenvalue weighted by atomic mass is 32.2. The molecular weight excluding hydrogens is 1080 g/mol. The first-order valence-electron chi connectivity index (χ1n) is 28.8. The summed E-state index contributed by atoms with van der Waals surface area (Å²) in [4.78, 5) is 88.9.